The summed E-state index contributed by atoms with van der Waals surface area (Å²) in [5.41, 5.74) is 2.80. The first-order valence-electron chi connectivity index (χ1n) is 10.2. The molecule has 1 aromatic carbocycles. The maximum atomic E-state index is 12.6. The van der Waals surface area contributed by atoms with E-state index in [1.807, 2.05) is 49.0 Å². The van der Waals surface area contributed by atoms with Crippen LogP contribution in [0.25, 0.3) is 0 Å². The highest BCUT2D eigenvalue weighted by Crippen LogP contribution is 2.27. The van der Waals surface area contributed by atoms with Crippen molar-refractivity contribution in [2.45, 2.75) is 73.9 Å². The molecule has 1 N–H and O–H groups in total. The van der Waals surface area contributed by atoms with E-state index in [2.05, 4.69) is 46.9 Å². The lowest BCUT2D eigenvalue weighted by Crippen LogP contribution is -2.40. The summed E-state index contributed by atoms with van der Waals surface area (Å²) >= 11 is 0. The summed E-state index contributed by atoms with van der Waals surface area (Å²) in [5.74, 6) is 0.522. The lowest BCUT2D eigenvalue weighted by atomic mass is 9.92. The molecule has 0 aliphatic rings. The summed E-state index contributed by atoms with van der Waals surface area (Å²) in [6.07, 6.45) is 0.943. The number of nitrogens with zero attached hydrogens (tertiary/aromatic N) is 2. The van der Waals surface area contributed by atoms with E-state index in [9.17, 15) is 9.59 Å². The van der Waals surface area contributed by atoms with Gasteiger partial charge in [-0.25, -0.2) is 0 Å². The van der Waals surface area contributed by atoms with Crippen LogP contribution in [0, 0.1) is 11.3 Å². The van der Waals surface area contributed by atoms with Crippen molar-refractivity contribution in [3.05, 3.63) is 23.8 Å². The van der Waals surface area contributed by atoms with Gasteiger partial charge in [-0.3, -0.25) is 9.59 Å². The predicted molar refractivity (Wildman–Crippen MR) is 119 cm³/mol. The second-order valence-electron chi connectivity index (χ2n) is 9.38. The van der Waals surface area contributed by atoms with Crippen molar-refractivity contribution in [2.75, 3.05) is 24.3 Å². The van der Waals surface area contributed by atoms with Gasteiger partial charge in [0, 0.05) is 50.9 Å². The van der Waals surface area contributed by atoms with Crippen LogP contribution in [0.1, 0.15) is 66.9 Å². The van der Waals surface area contributed by atoms with Crippen LogP contribution in [-0.2, 0) is 16.1 Å². The Kier molecular flexibility index (Phi) is 8.52. The summed E-state index contributed by atoms with van der Waals surface area (Å²) < 4.78 is 0. The predicted octanol–water partition coefficient (Wildman–Crippen LogP) is 4.91. The Balaban J connectivity index is 3.19. The lowest BCUT2D eigenvalue weighted by Gasteiger charge is -2.33. The maximum absolute atomic E-state index is 12.6. The fourth-order valence-electron chi connectivity index (χ4n) is 3.12. The van der Waals surface area contributed by atoms with Gasteiger partial charge in [0.1, 0.15) is 0 Å². The molecular weight excluding hydrogens is 350 g/mol. The Morgan fingerprint density at radius 1 is 1.11 bits per heavy atom. The van der Waals surface area contributed by atoms with Crippen LogP contribution in [0.4, 0.5) is 11.4 Å². The quantitative estimate of drug-likeness (QED) is 0.687. The van der Waals surface area contributed by atoms with E-state index in [0.29, 0.717) is 25.3 Å². The van der Waals surface area contributed by atoms with Crippen LogP contribution in [0.5, 0.6) is 0 Å². The molecule has 0 aromatic heterocycles. The van der Waals surface area contributed by atoms with Crippen LogP contribution >= 0.6 is 0 Å². The topological polar surface area (TPSA) is 52.7 Å². The highest BCUT2D eigenvalue weighted by molar-refractivity contribution is 5.91. The molecule has 1 rings (SSSR count). The number of hydrogen-bond donors (Lipinski definition) is 1. The molecule has 5 nitrogen and oxygen atoms in total. The fraction of sp³-hybridized carbons (Fsp3) is 0.652. The number of amides is 2. The SMILES string of the molecule is CCC(=O)N(Cc1cc(NC(=O)CC(C)(C)C)ccc1N(C)C)C(C)C(C)C. The van der Waals surface area contributed by atoms with Gasteiger partial charge in [-0.1, -0.05) is 41.5 Å². The monoisotopic (exact) mass is 389 g/mol. The first kappa shape index (κ1) is 24.0. The van der Waals surface area contributed by atoms with Crippen LogP contribution in [0.15, 0.2) is 18.2 Å². The molecule has 158 valence electrons. The van der Waals surface area contributed by atoms with Crippen molar-refractivity contribution in [3.8, 4) is 0 Å². The minimum atomic E-state index is -0.0620. The zero-order chi connectivity index (χ0) is 21.6. The van der Waals surface area contributed by atoms with E-state index in [1.54, 1.807) is 0 Å². The first-order valence-corrected chi connectivity index (χ1v) is 10.2. The Morgan fingerprint density at radius 3 is 2.18 bits per heavy atom. The number of benzene rings is 1. The summed E-state index contributed by atoms with van der Waals surface area (Å²) in [6, 6.07) is 6.08. The Morgan fingerprint density at radius 2 is 1.71 bits per heavy atom. The first-order chi connectivity index (χ1) is 12.9. The van der Waals surface area contributed by atoms with Gasteiger partial charge in [0.2, 0.25) is 11.8 Å². The Bertz CT molecular complexity index is 675. The summed E-state index contributed by atoms with van der Waals surface area (Å²) in [4.78, 5) is 29.0. The molecule has 0 heterocycles. The van der Waals surface area contributed by atoms with Crippen molar-refractivity contribution < 1.29 is 9.59 Å². The van der Waals surface area contributed by atoms with Gasteiger partial charge in [-0.15, -0.1) is 0 Å². The molecule has 0 saturated carbocycles. The molecule has 1 unspecified atom stereocenters. The van der Waals surface area contributed by atoms with E-state index in [1.165, 1.54) is 0 Å². The van der Waals surface area contributed by atoms with E-state index in [-0.39, 0.29) is 23.3 Å². The Hall–Kier alpha value is -2.04. The zero-order valence-electron chi connectivity index (χ0n) is 19.2. The van der Waals surface area contributed by atoms with E-state index in [0.717, 1.165) is 16.9 Å². The normalized spacial score (nSPS) is 12.6. The van der Waals surface area contributed by atoms with Gasteiger partial charge in [0.25, 0.3) is 0 Å². The number of nitrogens with one attached hydrogen (secondary N) is 1. The van der Waals surface area contributed by atoms with E-state index in [4.69, 9.17) is 0 Å². The molecule has 28 heavy (non-hydrogen) atoms. The second-order valence-corrected chi connectivity index (χ2v) is 9.38. The highest BCUT2D eigenvalue weighted by Gasteiger charge is 2.23. The third kappa shape index (κ3) is 7.17. The second kappa shape index (κ2) is 9.94. The van der Waals surface area contributed by atoms with Crippen molar-refractivity contribution in [2.24, 2.45) is 11.3 Å². The standard InChI is InChI=1S/C23H39N3O2/c1-10-22(28)26(17(4)16(2)3)15-18-13-19(11-12-20(18)25(8)9)24-21(27)14-23(5,6)7/h11-13,16-17H,10,14-15H2,1-9H3,(H,24,27). The summed E-state index contributed by atoms with van der Waals surface area (Å²) in [5, 5.41) is 3.01. The fourth-order valence-corrected chi connectivity index (χ4v) is 3.12. The van der Waals surface area contributed by atoms with Crippen molar-refractivity contribution in [1.29, 1.82) is 0 Å². The van der Waals surface area contributed by atoms with Crippen molar-refractivity contribution in [1.82, 2.24) is 4.90 Å². The Labute approximate surface area is 171 Å². The average molecular weight is 390 g/mol. The zero-order valence-corrected chi connectivity index (χ0v) is 19.2. The number of hydrogen-bond acceptors (Lipinski definition) is 3. The molecule has 0 fully saturated rings. The van der Waals surface area contributed by atoms with E-state index < -0.39 is 0 Å². The van der Waals surface area contributed by atoms with Gasteiger partial charge in [-0.2, -0.15) is 0 Å². The van der Waals surface area contributed by atoms with E-state index >= 15 is 0 Å². The van der Waals surface area contributed by atoms with Crippen LogP contribution in [0.3, 0.4) is 0 Å². The molecule has 2 amide bonds. The number of anilines is 2. The smallest absolute Gasteiger partial charge is 0.224 e. The minimum absolute atomic E-state index is 0.00749. The molecular formula is C23H39N3O2. The minimum Gasteiger partial charge on any atom is -0.377 e. The summed E-state index contributed by atoms with van der Waals surface area (Å²) in [6.45, 7) is 15.0. The lowest BCUT2D eigenvalue weighted by molar-refractivity contribution is -0.134. The average Bonchev–Trinajstić information content (AvgIpc) is 2.56. The molecule has 0 aliphatic heterocycles. The number of carbonyl (C=O) groups is 2. The summed E-state index contributed by atoms with van der Waals surface area (Å²) in [7, 11) is 3.99. The van der Waals surface area contributed by atoms with Gasteiger partial charge < -0.3 is 15.1 Å². The third-order valence-corrected chi connectivity index (χ3v) is 4.96. The number of carbonyl (C=O) groups excluding carboxylic acids is 2. The molecule has 0 saturated heterocycles. The van der Waals surface area contributed by atoms with Gasteiger partial charge in [0.05, 0.1) is 0 Å². The highest BCUT2D eigenvalue weighted by atomic mass is 16.2. The number of rotatable bonds is 8. The largest absolute Gasteiger partial charge is 0.377 e. The molecule has 0 aliphatic carbocycles. The van der Waals surface area contributed by atoms with Gasteiger partial charge in [0.15, 0.2) is 0 Å². The van der Waals surface area contributed by atoms with Crippen molar-refractivity contribution in [3.63, 3.8) is 0 Å². The van der Waals surface area contributed by atoms with Crippen LogP contribution in [0.2, 0.25) is 0 Å². The molecule has 1 atom stereocenters. The molecule has 0 bridgehead atoms. The van der Waals surface area contributed by atoms with Gasteiger partial charge >= 0.3 is 0 Å². The molecule has 1 aromatic rings. The molecule has 0 radical (unpaired) electrons. The molecule has 5 heteroatoms. The maximum Gasteiger partial charge on any atom is 0.224 e. The van der Waals surface area contributed by atoms with Gasteiger partial charge in [-0.05, 0) is 42.0 Å². The molecule has 0 spiro atoms. The van der Waals surface area contributed by atoms with Crippen LogP contribution < -0.4 is 10.2 Å². The van der Waals surface area contributed by atoms with Crippen molar-refractivity contribution >= 4 is 23.2 Å². The third-order valence-electron chi connectivity index (χ3n) is 4.96. The van der Waals surface area contributed by atoms with Crippen LogP contribution in [-0.4, -0.2) is 36.9 Å².